The number of fused-ring (bicyclic) bond motifs is 1. The smallest absolute Gasteiger partial charge is 0.322 e. The number of hydrogen-bond donors (Lipinski definition) is 1. The van der Waals surface area contributed by atoms with Gasteiger partial charge in [-0.1, -0.05) is 31.2 Å². The minimum absolute atomic E-state index is 0.198. The summed E-state index contributed by atoms with van der Waals surface area (Å²) in [4.78, 5) is 15.8. The number of nitrogens with zero attached hydrogens (tertiary/aromatic N) is 2. The third-order valence-corrected chi connectivity index (χ3v) is 6.35. The highest BCUT2D eigenvalue weighted by atomic mass is 32.2. The summed E-state index contributed by atoms with van der Waals surface area (Å²) < 4.78 is 26.9. The summed E-state index contributed by atoms with van der Waals surface area (Å²) >= 11 is 0. The largest absolute Gasteiger partial charge is 0.480 e. The van der Waals surface area contributed by atoms with Crippen molar-refractivity contribution >= 4 is 26.9 Å². The summed E-state index contributed by atoms with van der Waals surface area (Å²) in [5.74, 6) is -1.52. The summed E-state index contributed by atoms with van der Waals surface area (Å²) in [5.41, 5.74) is 1.23. The van der Waals surface area contributed by atoms with E-state index >= 15 is 0 Å². The summed E-state index contributed by atoms with van der Waals surface area (Å²) in [6.07, 6.45) is 3.03. The molecule has 0 aliphatic carbocycles. The van der Waals surface area contributed by atoms with Crippen LogP contribution < -0.4 is 0 Å². The molecule has 2 atom stereocenters. The van der Waals surface area contributed by atoms with Crippen molar-refractivity contribution in [2.45, 2.75) is 31.6 Å². The Labute approximate surface area is 141 Å². The minimum atomic E-state index is -3.74. The van der Waals surface area contributed by atoms with Gasteiger partial charge in [0.15, 0.2) is 0 Å². The molecule has 0 saturated carbocycles. The van der Waals surface area contributed by atoms with Gasteiger partial charge in [0.25, 0.3) is 0 Å². The molecule has 3 rings (SSSR count). The summed E-state index contributed by atoms with van der Waals surface area (Å²) in [6.45, 7) is 2.04. The maximum atomic E-state index is 12.9. The number of rotatable bonds is 4. The zero-order valence-corrected chi connectivity index (χ0v) is 14.2. The van der Waals surface area contributed by atoms with Crippen LogP contribution in [0, 0.1) is 5.92 Å². The van der Waals surface area contributed by atoms with Crippen LogP contribution in [0.3, 0.4) is 0 Å². The number of pyridine rings is 1. The number of piperidine rings is 1. The predicted molar refractivity (Wildman–Crippen MR) is 90.9 cm³/mol. The van der Waals surface area contributed by atoms with Crippen LogP contribution in [0.1, 0.15) is 25.3 Å². The molecule has 1 aliphatic heterocycles. The van der Waals surface area contributed by atoms with Crippen LogP contribution in [0.4, 0.5) is 0 Å². The third kappa shape index (κ3) is 3.14. The molecular formula is C17H20N2O4S. The molecule has 1 aromatic carbocycles. The zero-order chi connectivity index (χ0) is 17.3. The van der Waals surface area contributed by atoms with Gasteiger partial charge in [-0.05, 0) is 30.4 Å². The Morgan fingerprint density at radius 2 is 2.08 bits per heavy atom. The molecule has 0 bridgehead atoms. The molecule has 1 aliphatic rings. The highest BCUT2D eigenvalue weighted by Gasteiger charge is 2.40. The lowest BCUT2D eigenvalue weighted by molar-refractivity contribution is -0.144. The Morgan fingerprint density at radius 3 is 2.83 bits per heavy atom. The topological polar surface area (TPSA) is 87.6 Å². The van der Waals surface area contributed by atoms with E-state index in [4.69, 9.17) is 0 Å². The maximum absolute atomic E-state index is 12.9. The highest BCUT2D eigenvalue weighted by molar-refractivity contribution is 7.88. The molecule has 2 heterocycles. The maximum Gasteiger partial charge on any atom is 0.322 e. The summed E-state index contributed by atoms with van der Waals surface area (Å²) in [7, 11) is -3.74. The molecule has 1 aromatic heterocycles. The first-order valence-corrected chi connectivity index (χ1v) is 9.56. The second-order valence-electron chi connectivity index (χ2n) is 6.26. The van der Waals surface area contributed by atoms with Crippen molar-refractivity contribution in [2.75, 3.05) is 6.54 Å². The van der Waals surface area contributed by atoms with E-state index in [1.165, 1.54) is 0 Å². The molecule has 0 radical (unpaired) electrons. The molecular weight excluding hydrogens is 328 g/mol. The quantitative estimate of drug-likeness (QED) is 0.915. The fourth-order valence-electron chi connectivity index (χ4n) is 3.39. The van der Waals surface area contributed by atoms with E-state index in [9.17, 15) is 18.3 Å². The Balaban J connectivity index is 1.96. The van der Waals surface area contributed by atoms with Crippen LogP contribution in [-0.4, -0.2) is 41.4 Å². The van der Waals surface area contributed by atoms with E-state index in [0.29, 0.717) is 17.5 Å². The number of carbonyl (C=O) groups is 1. The fraction of sp³-hybridized carbons (Fsp3) is 0.412. The Kier molecular flexibility index (Phi) is 4.56. The number of aromatic nitrogens is 1. The molecule has 1 N–H and O–H groups in total. The van der Waals surface area contributed by atoms with Crippen molar-refractivity contribution in [1.82, 2.24) is 9.29 Å². The van der Waals surface area contributed by atoms with Gasteiger partial charge in [0.2, 0.25) is 10.0 Å². The number of sulfonamides is 1. The number of carboxylic acid groups (broad SMARTS) is 1. The van der Waals surface area contributed by atoms with Gasteiger partial charge in [-0.3, -0.25) is 9.78 Å². The molecule has 2 unspecified atom stereocenters. The SMILES string of the molecule is CC1CCCN(S(=O)(=O)Cc2cccc3cccnc23)C1C(=O)O. The average molecular weight is 348 g/mol. The van der Waals surface area contributed by atoms with E-state index in [0.717, 1.165) is 16.1 Å². The normalized spacial score (nSPS) is 22.5. The standard InChI is InChI=1S/C17H20N2O4S/c1-12-5-4-10-19(16(12)17(20)21)24(22,23)11-14-7-2-6-13-8-3-9-18-15(13)14/h2-3,6-9,12,16H,4-5,10-11H2,1H3,(H,20,21). The molecule has 0 spiro atoms. The van der Waals surface area contributed by atoms with Crippen LogP contribution in [-0.2, 0) is 20.6 Å². The highest BCUT2D eigenvalue weighted by Crippen LogP contribution is 2.28. The first kappa shape index (κ1) is 16.9. The number of carboxylic acids is 1. The minimum Gasteiger partial charge on any atom is -0.480 e. The second kappa shape index (κ2) is 6.49. The van der Waals surface area contributed by atoms with Crippen LogP contribution in [0.2, 0.25) is 0 Å². The van der Waals surface area contributed by atoms with Crippen LogP contribution in [0.15, 0.2) is 36.5 Å². The van der Waals surface area contributed by atoms with Crippen LogP contribution in [0.5, 0.6) is 0 Å². The number of benzene rings is 1. The zero-order valence-electron chi connectivity index (χ0n) is 13.4. The first-order chi connectivity index (χ1) is 11.4. The lowest BCUT2D eigenvalue weighted by Gasteiger charge is -2.36. The Bertz CT molecular complexity index is 861. The monoisotopic (exact) mass is 348 g/mol. The Morgan fingerprint density at radius 1 is 1.33 bits per heavy atom. The van der Waals surface area contributed by atoms with Crippen molar-refractivity contribution in [1.29, 1.82) is 0 Å². The van der Waals surface area contributed by atoms with E-state index in [1.54, 1.807) is 31.3 Å². The van der Waals surface area contributed by atoms with Crippen molar-refractivity contribution in [3.8, 4) is 0 Å². The molecule has 1 saturated heterocycles. The van der Waals surface area contributed by atoms with Gasteiger partial charge in [-0.2, -0.15) is 4.31 Å². The summed E-state index contributed by atoms with van der Waals surface area (Å²) in [6, 6.07) is 8.08. The van der Waals surface area contributed by atoms with Gasteiger partial charge in [0.05, 0.1) is 11.3 Å². The van der Waals surface area contributed by atoms with E-state index in [2.05, 4.69) is 4.98 Å². The van der Waals surface area contributed by atoms with Gasteiger partial charge in [-0.15, -0.1) is 0 Å². The van der Waals surface area contributed by atoms with Gasteiger partial charge in [-0.25, -0.2) is 8.42 Å². The van der Waals surface area contributed by atoms with Gasteiger partial charge in [0, 0.05) is 18.1 Å². The van der Waals surface area contributed by atoms with Crippen LogP contribution in [0.25, 0.3) is 10.9 Å². The number of para-hydroxylation sites is 1. The van der Waals surface area contributed by atoms with E-state index in [1.807, 2.05) is 12.1 Å². The van der Waals surface area contributed by atoms with E-state index < -0.39 is 22.0 Å². The van der Waals surface area contributed by atoms with Crippen LogP contribution >= 0.6 is 0 Å². The first-order valence-electron chi connectivity index (χ1n) is 7.95. The molecule has 7 heteroatoms. The van der Waals surface area contributed by atoms with Crippen molar-refractivity contribution in [2.24, 2.45) is 5.92 Å². The molecule has 24 heavy (non-hydrogen) atoms. The molecule has 0 amide bonds. The van der Waals surface area contributed by atoms with E-state index in [-0.39, 0.29) is 18.2 Å². The third-order valence-electron chi connectivity index (χ3n) is 4.55. The molecule has 2 aromatic rings. The number of aliphatic carboxylic acids is 1. The van der Waals surface area contributed by atoms with Crippen molar-refractivity contribution in [3.05, 3.63) is 42.1 Å². The lowest BCUT2D eigenvalue weighted by atomic mass is 9.93. The van der Waals surface area contributed by atoms with Gasteiger partial charge < -0.3 is 5.11 Å². The summed E-state index contributed by atoms with van der Waals surface area (Å²) in [5, 5.41) is 10.3. The second-order valence-corrected chi connectivity index (χ2v) is 8.18. The number of hydrogen-bond acceptors (Lipinski definition) is 4. The Hall–Kier alpha value is -1.99. The molecule has 128 valence electrons. The lowest BCUT2D eigenvalue weighted by Crippen LogP contribution is -2.52. The predicted octanol–water partition coefficient (Wildman–Crippen LogP) is 2.25. The fourth-order valence-corrected chi connectivity index (χ4v) is 5.23. The van der Waals surface area contributed by atoms with Crippen molar-refractivity contribution < 1.29 is 18.3 Å². The molecule has 6 nitrogen and oxygen atoms in total. The van der Waals surface area contributed by atoms with Gasteiger partial charge >= 0.3 is 5.97 Å². The van der Waals surface area contributed by atoms with Crippen molar-refractivity contribution in [3.63, 3.8) is 0 Å². The average Bonchev–Trinajstić information content (AvgIpc) is 2.54. The molecule has 1 fully saturated rings. The van der Waals surface area contributed by atoms with Gasteiger partial charge in [0.1, 0.15) is 6.04 Å².